The molecule has 0 aromatic carbocycles. The van der Waals surface area contributed by atoms with Crippen LogP contribution in [0.5, 0.6) is 0 Å². The molecule has 2 aromatic heterocycles. The normalized spacial score (nSPS) is 21.5. The number of rotatable bonds is 2. The average Bonchev–Trinajstić information content (AvgIpc) is 3.18. The van der Waals surface area contributed by atoms with Gasteiger partial charge in [-0.25, -0.2) is 4.98 Å². The third-order valence-electron chi connectivity index (χ3n) is 5.10. The Balaban J connectivity index is 1.40. The Bertz CT molecular complexity index is 679. The van der Waals surface area contributed by atoms with Gasteiger partial charge >= 0.3 is 0 Å². The first-order valence-corrected chi connectivity index (χ1v) is 10.7. The van der Waals surface area contributed by atoms with Crippen LogP contribution in [0, 0.1) is 0 Å². The number of thioether (sulfide) groups is 1. The molecule has 1 N–H and O–H groups in total. The van der Waals surface area contributed by atoms with Crippen molar-refractivity contribution in [3.63, 3.8) is 0 Å². The molecule has 0 radical (unpaired) electrons. The van der Waals surface area contributed by atoms with Crippen molar-refractivity contribution in [2.45, 2.75) is 43.4 Å². The number of hydrogen-bond donors (Lipinski definition) is 1. The van der Waals surface area contributed by atoms with Gasteiger partial charge in [-0.15, -0.1) is 11.3 Å². The van der Waals surface area contributed by atoms with Crippen LogP contribution in [0.15, 0.2) is 22.8 Å². The summed E-state index contributed by atoms with van der Waals surface area (Å²) in [5, 5.41) is 5.59. The molecule has 1 spiro atoms. The highest BCUT2D eigenvalue weighted by atomic mass is 32.2. The third-order valence-corrected chi connectivity index (χ3v) is 7.40. The summed E-state index contributed by atoms with van der Waals surface area (Å²) in [5.41, 5.74) is 1.07. The van der Waals surface area contributed by atoms with E-state index in [1.54, 1.807) is 11.3 Å². The number of nitrogens with zero attached hydrogens (tertiary/aromatic N) is 4. The Morgan fingerprint density at radius 3 is 3.04 bits per heavy atom. The fraction of sp³-hybridized carbons (Fsp3) is 0.647. The van der Waals surface area contributed by atoms with Crippen LogP contribution in [0.1, 0.15) is 37.8 Å². The summed E-state index contributed by atoms with van der Waals surface area (Å²) in [6.07, 6.45) is 11.1. The summed E-state index contributed by atoms with van der Waals surface area (Å²) < 4.78 is 2.55. The van der Waals surface area contributed by atoms with E-state index in [1.165, 1.54) is 37.9 Å². The molecule has 130 valence electrons. The standard InChI is InChI=1S/C17H25N5S2/c1-18-15(19-11-14-12-21-7-9-23-16(21)20-14)22-8-10-24-17(13-22)5-3-2-4-6-17/h7,9,12H,2-6,8,10-11,13H2,1H3,(H,18,19). The summed E-state index contributed by atoms with van der Waals surface area (Å²) in [6, 6.07) is 0. The lowest BCUT2D eigenvalue weighted by molar-refractivity contribution is 0.293. The van der Waals surface area contributed by atoms with Crippen molar-refractivity contribution in [3.8, 4) is 0 Å². The molecule has 2 aliphatic rings. The molecule has 1 aliphatic carbocycles. The minimum absolute atomic E-state index is 0.463. The van der Waals surface area contributed by atoms with Crippen molar-refractivity contribution in [1.82, 2.24) is 19.6 Å². The topological polar surface area (TPSA) is 44.9 Å². The van der Waals surface area contributed by atoms with Crippen molar-refractivity contribution < 1.29 is 0 Å². The molecule has 0 atom stereocenters. The van der Waals surface area contributed by atoms with Gasteiger partial charge in [0.15, 0.2) is 10.9 Å². The van der Waals surface area contributed by atoms with Gasteiger partial charge in [-0.2, -0.15) is 11.8 Å². The van der Waals surface area contributed by atoms with Gasteiger partial charge in [0.2, 0.25) is 0 Å². The summed E-state index contributed by atoms with van der Waals surface area (Å²) in [6.45, 7) is 2.96. The van der Waals surface area contributed by atoms with Gasteiger partial charge in [0, 0.05) is 48.4 Å². The number of nitrogens with one attached hydrogen (secondary N) is 1. The Morgan fingerprint density at radius 2 is 2.25 bits per heavy atom. The fourth-order valence-corrected chi connectivity index (χ4v) is 6.18. The largest absolute Gasteiger partial charge is 0.351 e. The molecular formula is C17H25N5S2. The van der Waals surface area contributed by atoms with E-state index in [9.17, 15) is 0 Å². The highest BCUT2D eigenvalue weighted by Gasteiger charge is 2.38. The van der Waals surface area contributed by atoms with E-state index in [1.807, 2.05) is 7.05 Å². The lowest BCUT2D eigenvalue weighted by Crippen LogP contribution is -2.53. The molecule has 1 aliphatic heterocycles. The SMILES string of the molecule is CN=C(NCc1cn2ccsc2n1)N1CCSC2(CCCCC2)C1. The number of hydrogen-bond acceptors (Lipinski definition) is 4. The minimum atomic E-state index is 0.463. The van der Waals surface area contributed by atoms with E-state index in [2.05, 4.69) is 54.1 Å². The van der Waals surface area contributed by atoms with Crippen LogP contribution in [0.2, 0.25) is 0 Å². The van der Waals surface area contributed by atoms with Crippen molar-refractivity contribution in [1.29, 1.82) is 0 Å². The molecular weight excluding hydrogens is 338 g/mol. The first kappa shape index (κ1) is 16.3. The Kier molecular flexibility index (Phi) is 4.72. The van der Waals surface area contributed by atoms with E-state index < -0.39 is 0 Å². The molecule has 7 heteroatoms. The number of fused-ring (bicyclic) bond motifs is 1. The van der Waals surface area contributed by atoms with Crippen molar-refractivity contribution >= 4 is 34.0 Å². The zero-order valence-corrected chi connectivity index (χ0v) is 15.8. The lowest BCUT2D eigenvalue weighted by Gasteiger charge is -2.45. The van der Waals surface area contributed by atoms with E-state index >= 15 is 0 Å². The molecule has 24 heavy (non-hydrogen) atoms. The molecule has 2 fully saturated rings. The van der Waals surface area contributed by atoms with Gasteiger partial charge in [-0.1, -0.05) is 19.3 Å². The van der Waals surface area contributed by atoms with Crippen molar-refractivity contribution in [2.24, 2.45) is 4.99 Å². The van der Waals surface area contributed by atoms with Crippen molar-refractivity contribution in [2.75, 3.05) is 25.9 Å². The second kappa shape index (κ2) is 6.96. The summed E-state index contributed by atoms with van der Waals surface area (Å²) in [4.78, 5) is 12.7. The maximum atomic E-state index is 4.65. The zero-order valence-electron chi connectivity index (χ0n) is 14.2. The first-order valence-electron chi connectivity index (χ1n) is 8.79. The van der Waals surface area contributed by atoms with Gasteiger partial charge in [0.1, 0.15) is 0 Å². The van der Waals surface area contributed by atoms with E-state index in [4.69, 9.17) is 0 Å². The molecule has 0 bridgehead atoms. The van der Waals surface area contributed by atoms with Crippen LogP contribution < -0.4 is 5.32 Å². The Labute approximate surface area is 151 Å². The molecule has 1 saturated carbocycles. The second-order valence-electron chi connectivity index (χ2n) is 6.74. The maximum Gasteiger partial charge on any atom is 0.194 e. The van der Waals surface area contributed by atoms with E-state index in [0.29, 0.717) is 4.75 Å². The predicted molar refractivity (Wildman–Crippen MR) is 103 cm³/mol. The number of imidazole rings is 1. The highest BCUT2D eigenvalue weighted by Crippen LogP contribution is 2.42. The fourth-order valence-electron chi connectivity index (χ4n) is 3.89. The van der Waals surface area contributed by atoms with Gasteiger partial charge < -0.3 is 10.2 Å². The van der Waals surface area contributed by atoms with Crippen LogP contribution in [0.25, 0.3) is 4.96 Å². The first-order chi connectivity index (χ1) is 11.8. The summed E-state index contributed by atoms with van der Waals surface area (Å²) in [5.74, 6) is 2.23. The number of guanidine groups is 1. The van der Waals surface area contributed by atoms with E-state index in [0.717, 1.165) is 36.2 Å². The maximum absolute atomic E-state index is 4.65. The zero-order chi connectivity index (χ0) is 16.4. The second-order valence-corrected chi connectivity index (χ2v) is 9.18. The molecule has 5 nitrogen and oxygen atoms in total. The number of thiazole rings is 1. The van der Waals surface area contributed by atoms with Crippen LogP contribution in [-0.4, -0.2) is 50.9 Å². The Morgan fingerprint density at radius 1 is 1.38 bits per heavy atom. The monoisotopic (exact) mass is 363 g/mol. The predicted octanol–water partition coefficient (Wildman–Crippen LogP) is 3.22. The molecule has 1 saturated heterocycles. The number of aromatic nitrogens is 2. The van der Waals surface area contributed by atoms with Crippen LogP contribution in [-0.2, 0) is 6.54 Å². The van der Waals surface area contributed by atoms with Crippen molar-refractivity contribution in [3.05, 3.63) is 23.5 Å². The van der Waals surface area contributed by atoms with Gasteiger partial charge in [0.25, 0.3) is 0 Å². The average molecular weight is 364 g/mol. The molecule has 0 amide bonds. The number of aliphatic imine (C=N–C) groups is 1. The smallest absolute Gasteiger partial charge is 0.194 e. The molecule has 0 unspecified atom stereocenters. The van der Waals surface area contributed by atoms with Gasteiger partial charge in [0.05, 0.1) is 12.2 Å². The molecule has 4 rings (SSSR count). The van der Waals surface area contributed by atoms with Crippen LogP contribution >= 0.6 is 23.1 Å². The van der Waals surface area contributed by atoms with Crippen LogP contribution in [0.4, 0.5) is 0 Å². The van der Waals surface area contributed by atoms with E-state index in [-0.39, 0.29) is 0 Å². The Hall–Kier alpha value is -1.21. The lowest BCUT2D eigenvalue weighted by atomic mass is 9.87. The third kappa shape index (κ3) is 3.28. The van der Waals surface area contributed by atoms with Gasteiger partial charge in [-0.05, 0) is 12.8 Å². The molecule has 2 aromatic rings. The summed E-state index contributed by atoms with van der Waals surface area (Å²) >= 11 is 3.87. The summed E-state index contributed by atoms with van der Waals surface area (Å²) in [7, 11) is 1.89. The molecule has 3 heterocycles. The van der Waals surface area contributed by atoms with Crippen LogP contribution in [0.3, 0.4) is 0 Å². The minimum Gasteiger partial charge on any atom is -0.351 e. The van der Waals surface area contributed by atoms with Gasteiger partial charge in [-0.3, -0.25) is 9.39 Å². The highest BCUT2D eigenvalue weighted by molar-refractivity contribution is 8.00. The quantitative estimate of drug-likeness (QED) is 0.657.